The average molecular weight is 420 g/mol. The lowest BCUT2D eigenvalue weighted by molar-refractivity contribution is -0.132. The van der Waals surface area contributed by atoms with Crippen LogP contribution in [-0.2, 0) is 9.59 Å². The zero-order valence-electron chi connectivity index (χ0n) is 16.1. The molecule has 4 rings (SSSR count). The van der Waals surface area contributed by atoms with Gasteiger partial charge < -0.3 is 9.84 Å². The summed E-state index contributed by atoms with van der Waals surface area (Å²) in [7, 11) is 1.50. The van der Waals surface area contributed by atoms with Crippen LogP contribution in [0.2, 0.25) is 5.02 Å². The number of para-hydroxylation sites is 2. The van der Waals surface area contributed by atoms with E-state index in [0.717, 1.165) is 0 Å². The standard InChI is InChI=1S/C24H18ClNO4/c1-30-19-13-6-5-12-18(19)26-21(15-8-3-2-4-9-15)20(23(28)24(26)29)22(27)16-10-7-11-17(25)14-16/h2-14,21,27H,1H3/b22-20-. The van der Waals surface area contributed by atoms with Gasteiger partial charge in [0.2, 0.25) is 0 Å². The quantitative estimate of drug-likeness (QED) is 0.368. The molecule has 3 aromatic rings. The normalized spacial score (nSPS) is 17.9. The van der Waals surface area contributed by atoms with Crippen LogP contribution in [0.5, 0.6) is 5.75 Å². The Morgan fingerprint density at radius 2 is 1.67 bits per heavy atom. The minimum atomic E-state index is -0.818. The van der Waals surface area contributed by atoms with E-state index in [9.17, 15) is 14.7 Å². The number of aliphatic hydroxyl groups excluding tert-OH is 1. The second kappa shape index (κ2) is 8.05. The van der Waals surface area contributed by atoms with Crippen LogP contribution < -0.4 is 9.64 Å². The molecule has 1 heterocycles. The molecule has 1 aliphatic rings. The van der Waals surface area contributed by atoms with Gasteiger partial charge >= 0.3 is 0 Å². The van der Waals surface area contributed by atoms with Crippen LogP contribution in [0.1, 0.15) is 17.2 Å². The number of benzene rings is 3. The molecule has 1 amide bonds. The Kier molecular flexibility index (Phi) is 5.29. The van der Waals surface area contributed by atoms with Crippen LogP contribution in [0.25, 0.3) is 5.76 Å². The highest BCUT2D eigenvalue weighted by atomic mass is 35.5. The molecule has 0 spiro atoms. The van der Waals surface area contributed by atoms with Gasteiger partial charge in [0.15, 0.2) is 0 Å². The fourth-order valence-corrected chi connectivity index (χ4v) is 3.84. The highest BCUT2D eigenvalue weighted by Gasteiger charge is 2.47. The molecule has 0 saturated carbocycles. The van der Waals surface area contributed by atoms with Crippen LogP contribution in [-0.4, -0.2) is 23.9 Å². The number of ketones is 1. The molecule has 1 N–H and O–H groups in total. The third kappa shape index (κ3) is 3.33. The molecule has 1 atom stereocenters. The molecule has 0 radical (unpaired) electrons. The zero-order valence-corrected chi connectivity index (χ0v) is 16.8. The summed E-state index contributed by atoms with van der Waals surface area (Å²) in [5.41, 5.74) is 1.49. The van der Waals surface area contributed by atoms with Gasteiger partial charge in [0.05, 0.1) is 24.4 Å². The Morgan fingerprint density at radius 1 is 0.967 bits per heavy atom. The van der Waals surface area contributed by atoms with Gasteiger partial charge in [-0.1, -0.05) is 66.2 Å². The van der Waals surface area contributed by atoms with Crippen molar-refractivity contribution in [3.05, 3.63) is 101 Å². The molecule has 0 aromatic heterocycles. The molecule has 3 aromatic carbocycles. The number of anilines is 1. The van der Waals surface area contributed by atoms with Crippen LogP contribution in [0.3, 0.4) is 0 Å². The van der Waals surface area contributed by atoms with Crippen molar-refractivity contribution >= 4 is 34.7 Å². The first-order chi connectivity index (χ1) is 14.5. The first kappa shape index (κ1) is 19.7. The number of hydrogen-bond donors (Lipinski definition) is 1. The number of rotatable bonds is 4. The molecule has 5 nitrogen and oxygen atoms in total. The predicted octanol–water partition coefficient (Wildman–Crippen LogP) is 4.97. The van der Waals surface area contributed by atoms with E-state index in [1.807, 2.05) is 30.3 Å². The van der Waals surface area contributed by atoms with Gasteiger partial charge in [-0.05, 0) is 29.8 Å². The monoisotopic (exact) mass is 419 g/mol. The molecule has 30 heavy (non-hydrogen) atoms. The fourth-order valence-electron chi connectivity index (χ4n) is 3.65. The van der Waals surface area contributed by atoms with Crippen LogP contribution in [0.4, 0.5) is 5.69 Å². The van der Waals surface area contributed by atoms with Crippen molar-refractivity contribution in [2.75, 3.05) is 12.0 Å². The highest BCUT2D eigenvalue weighted by Crippen LogP contribution is 2.44. The fraction of sp³-hybridized carbons (Fsp3) is 0.0833. The van der Waals surface area contributed by atoms with Crippen molar-refractivity contribution in [3.63, 3.8) is 0 Å². The maximum absolute atomic E-state index is 13.1. The van der Waals surface area contributed by atoms with E-state index in [4.69, 9.17) is 16.3 Å². The lowest BCUT2D eigenvalue weighted by atomic mass is 9.95. The number of hydrogen-bond acceptors (Lipinski definition) is 4. The summed E-state index contributed by atoms with van der Waals surface area (Å²) in [6.07, 6.45) is 0. The Labute approximate surface area is 178 Å². The van der Waals surface area contributed by atoms with Gasteiger partial charge in [-0.2, -0.15) is 0 Å². The lowest BCUT2D eigenvalue weighted by Crippen LogP contribution is -2.29. The maximum Gasteiger partial charge on any atom is 0.300 e. The Balaban J connectivity index is 1.98. The van der Waals surface area contributed by atoms with E-state index in [1.165, 1.54) is 12.0 Å². The van der Waals surface area contributed by atoms with Crippen LogP contribution in [0, 0.1) is 0 Å². The van der Waals surface area contributed by atoms with E-state index < -0.39 is 17.7 Å². The summed E-state index contributed by atoms with van der Waals surface area (Å²) in [6, 6.07) is 21.8. The van der Waals surface area contributed by atoms with E-state index in [2.05, 4.69) is 0 Å². The molecule has 1 aliphatic heterocycles. The molecular formula is C24H18ClNO4. The van der Waals surface area contributed by atoms with Gasteiger partial charge in [-0.25, -0.2) is 0 Å². The van der Waals surface area contributed by atoms with Gasteiger partial charge in [-0.3, -0.25) is 14.5 Å². The van der Waals surface area contributed by atoms with Gasteiger partial charge in [-0.15, -0.1) is 0 Å². The van der Waals surface area contributed by atoms with Crippen molar-refractivity contribution in [3.8, 4) is 5.75 Å². The number of halogens is 1. The van der Waals surface area contributed by atoms with Crippen LogP contribution in [0.15, 0.2) is 84.4 Å². The second-order valence-corrected chi connectivity index (χ2v) is 7.20. The number of carbonyl (C=O) groups excluding carboxylic acids is 2. The molecule has 0 aliphatic carbocycles. The van der Waals surface area contributed by atoms with Crippen molar-refractivity contribution < 1.29 is 19.4 Å². The summed E-state index contributed by atoms with van der Waals surface area (Å²) in [5.74, 6) is -1.34. The molecule has 0 bridgehead atoms. The Morgan fingerprint density at radius 3 is 2.37 bits per heavy atom. The minimum Gasteiger partial charge on any atom is -0.507 e. The number of ether oxygens (including phenoxy) is 1. The van der Waals surface area contributed by atoms with E-state index in [1.54, 1.807) is 48.5 Å². The van der Waals surface area contributed by atoms with Gasteiger partial charge in [0.25, 0.3) is 11.7 Å². The van der Waals surface area contributed by atoms with E-state index >= 15 is 0 Å². The second-order valence-electron chi connectivity index (χ2n) is 6.76. The third-order valence-electron chi connectivity index (χ3n) is 5.00. The molecule has 1 unspecified atom stereocenters. The van der Waals surface area contributed by atoms with E-state index in [-0.39, 0.29) is 11.3 Å². The summed E-state index contributed by atoms with van der Waals surface area (Å²) < 4.78 is 5.42. The number of nitrogens with zero attached hydrogens (tertiary/aromatic N) is 1. The molecular weight excluding hydrogens is 402 g/mol. The van der Waals surface area contributed by atoms with Crippen molar-refractivity contribution in [1.29, 1.82) is 0 Å². The average Bonchev–Trinajstić information content (AvgIpc) is 3.04. The SMILES string of the molecule is COc1ccccc1N1C(=O)C(=O)/C(=C(\O)c2cccc(Cl)c2)C1c1ccccc1. The first-order valence-corrected chi connectivity index (χ1v) is 9.65. The summed E-state index contributed by atoms with van der Waals surface area (Å²) in [5, 5.41) is 11.5. The smallest absolute Gasteiger partial charge is 0.300 e. The summed E-state index contributed by atoms with van der Waals surface area (Å²) >= 11 is 6.07. The molecule has 6 heteroatoms. The zero-order chi connectivity index (χ0) is 21.3. The number of aliphatic hydroxyl groups is 1. The molecule has 1 fully saturated rings. The third-order valence-corrected chi connectivity index (χ3v) is 5.24. The summed E-state index contributed by atoms with van der Waals surface area (Å²) in [4.78, 5) is 27.6. The van der Waals surface area contributed by atoms with Gasteiger partial charge in [0, 0.05) is 10.6 Å². The van der Waals surface area contributed by atoms with Gasteiger partial charge in [0.1, 0.15) is 11.5 Å². The summed E-state index contributed by atoms with van der Waals surface area (Å²) in [6.45, 7) is 0. The number of Topliss-reactive ketones (excluding diaryl/α,β-unsaturated/α-hetero) is 1. The highest BCUT2D eigenvalue weighted by molar-refractivity contribution is 6.52. The largest absolute Gasteiger partial charge is 0.507 e. The number of amides is 1. The topological polar surface area (TPSA) is 66.8 Å². The predicted molar refractivity (Wildman–Crippen MR) is 116 cm³/mol. The van der Waals surface area contributed by atoms with Crippen molar-refractivity contribution in [2.45, 2.75) is 6.04 Å². The van der Waals surface area contributed by atoms with Crippen LogP contribution >= 0.6 is 11.6 Å². The number of methoxy groups -OCH3 is 1. The lowest BCUT2D eigenvalue weighted by Gasteiger charge is -2.26. The maximum atomic E-state index is 13.1. The van der Waals surface area contributed by atoms with E-state index in [0.29, 0.717) is 27.6 Å². The number of carbonyl (C=O) groups is 2. The Hall–Kier alpha value is -3.57. The Bertz CT molecular complexity index is 1160. The molecule has 150 valence electrons. The minimum absolute atomic E-state index is 0.000581. The van der Waals surface area contributed by atoms with Crippen molar-refractivity contribution in [2.24, 2.45) is 0 Å². The first-order valence-electron chi connectivity index (χ1n) is 9.28. The molecule has 1 saturated heterocycles. The van der Waals surface area contributed by atoms with Crippen molar-refractivity contribution in [1.82, 2.24) is 0 Å².